The Morgan fingerprint density at radius 1 is 1.03 bits per heavy atom. The Hall–Kier alpha value is -4.10. The first kappa shape index (κ1) is 22.7. The number of hydrogen-bond donors (Lipinski definition) is 0. The fourth-order valence-electron chi connectivity index (χ4n) is 4.12. The average molecular weight is 485 g/mol. The molecule has 0 aliphatic carbocycles. The van der Waals surface area contributed by atoms with E-state index in [1.807, 2.05) is 60.7 Å². The summed E-state index contributed by atoms with van der Waals surface area (Å²) in [6.45, 7) is 1.92. The van der Waals surface area contributed by atoms with Gasteiger partial charge < -0.3 is 4.74 Å². The van der Waals surface area contributed by atoms with E-state index in [1.165, 1.54) is 16.7 Å². The second kappa shape index (κ2) is 9.64. The number of nitrogens with zero attached hydrogens (tertiary/aromatic N) is 2. The van der Waals surface area contributed by atoms with Crippen LogP contribution in [0.15, 0.2) is 100 Å². The molecule has 174 valence electrons. The van der Waals surface area contributed by atoms with Gasteiger partial charge >= 0.3 is 5.97 Å². The van der Waals surface area contributed by atoms with E-state index in [2.05, 4.69) is 0 Å². The van der Waals surface area contributed by atoms with E-state index in [9.17, 15) is 14.0 Å². The van der Waals surface area contributed by atoms with Crippen LogP contribution in [0.3, 0.4) is 0 Å². The molecule has 7 heteroatoms. The second-order valence-electron chi connectivity index (χ2n) is 7.86. The van der Waals surface area contributed by atoms with E-state index in [1.54, 1.807) is 25.1 Å². The maximum Gasteiger partial charge on any atom is 0.338 e. The van der Waals surface area contributed by atoms with Gasteiger partial charge in [-0.15, -0.1) is 0 Å². The molecule has 0 fully saturated rings. The van der Waals surface area contributed by atoms with E-state index in [0.717, 1.165) is 22.5 Å². The summed E-state index contributed by atoms with van der Waals surface area (Å²) in [4.78, 5) is 32.2. The van der Waals surface area contributed by atoms with E-state index < -0.39 is 17.8 Å². The molecule has 0 amide bonds. The highest BCUT2D eigenvalue weighted by atomic mass is 32.1. The third-order valence-corrected chi connectivity index (χ3v) is 6.66. The molecule has 0 bridgehead atoms. The minimum absolute atomic E-state index is 0.184. The fourth-order valence-corrected chi connectivity index (χ4v) is 5.12. The van der Waals surface area contributed by atoms with Gasteiger partial charge in [0.2, 0.25) is 0 Å². The maximum atomic E-state index is 14.3. The zero-order valence-corrected chi connectivity index (χ0v) is 19.7. The first-order valence-electron chi connectivity index (χ1n) is 11.2. The number of thiazole rings is 1. The van der Waals surface area contributed by atoms with Crippen LogP contribution < -0.4 is 14.9 Å². The van der Waals surface area contributed by atoms with Crippen LogP contribution in [-0.4, -0.2) is 17.1 Å². The van der Waals surface area contributed by atoms with Gasteiger partial charge in [-0.2, -0.15) is 0 Å². The Labute approximate surface area is 204 Å². The van der Waals surface area contributed by atoms with Gasteiger partial charge in [-0.25, -0.2) is 14.2 Å². The highest BCUT2D eigenvalue weighted by molar-refractivity contribution is 7.07. The number of hydrogen-bond acceptors (Lipinski definition) is 5. The second-order valence-corrected chi connectivity index (χ2v) is 8.87. The van der Waals surface area contributed by atoms with Crippen molar-refractivity contribution in [2.75, 3.05) is 6.61 Å². The number of rotatable bonds is 5. The van der Waals surface area contributed by atoms with Crippen LogP contribution in [0.1, 0.15) is 29.7 Å². The topological polar surface area (TPSA) is 60.7 Å². The van der Waals surface area contributed by atoms with Crippen LogP contribution in [0.2, 0.25) is 0 Å². The van der Waals surface area contributed by atoms with Crippen LogP contribution in [0.5, 0.6) is 0 Å². The molecular weight excluding hydrogens is 463 g/mol. The van der Waals surface area contributed by atoms with Gasteiger partial charge in [-0.1, -0.05) is 90.2 Å². The van der Waals surface area contributed by atoms with Crippen molar-refractivity contribution in [2.45, 2.75) is 13.0 Å². The van der Waals surface area contributed by atoms with Crippen molar-refractivity contribution in [1.29, 1.82) is 0 Å². The molecular formula is C28H21FN2O3S. The molecule has 35 heavy (non-hydrogen) atoms. The minimum atomic E-state index is -0.746. The Bertz CT molecular complexity index is 1610. The van der Waals surface area contributed by atoms with Crippen molar-refractivity contribution in [3.8, 4) is 0 Å². The van der Waals surface area contributed by atoms with Gasteiger partial charge in [0.1, 0.15) is 5.82 Å². The maximum absolute atomic E-state index is 14.3. The zero-order chi connectivity index (χ0) is 24.4. The van der Waals surface area contributed by atoms with Gasteiger partial charge in [-0.3, -0.25) is 9.36 Å². The lowest BCUT2D eigenvalue weighted by Crippen LogP contribution is -2.40. The van der Waals surface area contributed by atoms with Crippen LogP contribution in [-0.2, 0) is 9.53 Å². The zero-order valence-electron chi connectivity index (χ0n) is 18.9. The number of esters is 1. The average Bonchev–Trinajstić information content (AvgIpc) is 3.20. The summed E-state index contributed by atoms with van der Waals surface area (Å²) < 4.78 is 21.6. The van der Waals surface area contributed by atoms with Gasteiger partial charge in [-0.05, 0) is 24.6 Å². The highest BCUT2D eigenvalue weighted by Gasteiger charge is 2.35. The van der Waals surface area contributed by atoms with E-state index in [0.29, 0.717) is 20.6 Å². The van der Waals surface area contributed by atoms with Gasteiger partial charge in [0.25, 0.3) is 5.56 Å². The van der Waals surface area contributed by atoms with Crippen molar-refractivity contribution >= 4 is 29.1 Å². The Morgan fingerprint density at radius 3 is 2.37 bits per heavy atom. The van der Waals surface area contributed by atoms with Crippen LogP contribution >= 0.6 is 11.3 Å². The molecule has 1 aliphatic heterocycles. The van der Waals surface area contributed by atoms with Crippen molar-refractivity contribution in [1.82, 2.24) is 4.57 Å². The largest absolute Gasteiger partial charge is 0.463 e. The summed E-state index contributed by atoms with van der Waals surface area (Å²) in [7, 11) is 0. The lowest BCUT2D eigenvalue weighted by Gasteiger charge is -2.25. The first-order valence-corrected chi connectivity index (χ1v) is 12.0. The summed E-state index contributed by atoms with van der Waals surface area (Å²) in [6.07, 6.45) is 1.53. The van der Waals surface area contributed by atoms with Crippen molar-refractivity contribution in [3.05, 3.63) is 133 Å². The Balaban J connectivity index is 1.84. The molecule has 1 aromatic heterocycles. The SMILES string of the molecule is CCOC(=O)C1=C(c2ccccc2)N=c2sc(=Cc3ccccc3F)c(=O)n2[C@@H]1c1ccccc1. The number of carbonyl (C=O) groups excluding carboxylic acids is 1. The van der Waals surface area contributed by atoms with Crippen LogP contribution in [0.25, 0.3) is 11.8 Å². The number of ether oxygens (including phenoxy) is 1. The minimum Gasteiger partial charge on any atom is -0.463 e. The molecule has 0 N–H and O–H groups in total. The molecule has 0 radical (unpaired) electrons. The number of halogens is 1. The molecule has 3 aromatic carbocycles. The molecule has 1 aliphatic rings. The molecule has 1 atom stereocenters. The van der Waals surface area contributed by atoms with Crippen molar-refractivity contribution in [3.63, 3.8) is 0 Å². The van der Waals surface area contributed by atoms with Gasteiger partial charge in [0.15, 0.2) is 4.80 Å². The first-order chi connectivity index (χ1) is 17.1. The van der Waals surface area contributed by atoms with Crippen LogP contribution in [0.4, 0.5) is 4.39 Å². The third-order valence-electron chi connectivity index (χ3n) is 5.68. The summed E-state index contributed by atoms with van der Waals surface area (Å²) in [5.41, 5.74) is 2.19. The summed E-state index contributed by atoms with van der Waals surface area (Å²) >= 11 is 1.16. The summed E-state index contributed by atoms with van der Waals surface area (Å²) in [6, 6.07) is 24.2. The fraction of sp³-hybridized carbons (Fsp3) is 0.107. The van der Waals surface area contributed by atoms with Crippen LogP contribution in [0, 0.1) is 5.82 Å². The molecule has 0 unspecified atom stereocenters. The highest BCUT2D eigenvalue weighted by Crippen LogP contribution is 2.35. The van der Waals surface area contributed by atoms with E-state index in [4.69, 9.17) is 9.73 Å². The van der Waals surface area contributed by atoms with E-state index in [-0.39, 0.29) is 17.7 Å². The monoisotopic (exact) mass is 484 g/mol. The van der Waals surface area contributed by atoms with Gasteiger partial charge in [0.05, 0.1) is 28.5 Å². The van der Waals surface area contributed by atoms with Crippen molar-refractivity contribution < 1.29 is 13.9 Å². The van der Waals surface area contributed by atoms with E-state index >= 15 is 0 Å². The molecule has 0 saturated heterocycles. The Morgan fingerprint density at radius 2 is 1.69 bits per heavy atom. The molecule has 5 nitrogen and oxygen atoms in total. The molecule has 0 saturated carbocycles. The molecule has 5 rings (SSSR count). The molecule has 4 aromatic rings. The summed E-state index contributed by atoms with van der Waals surface area (Å²) in [5, 5.41) is 0. The smallest absolute Gasteiger partial charge is 0.338 e. The lowest BCUT2D eigenvalue weighted by atomic mass is 9.93. The predicted molar refractivity (Wildman–Crippen MR) is 134 cm³/mol. The molecule has 2 heterocycles. The summed E-state index contributed by atoms with van der Waals surface area (Å²) in [5.74, 6) is -0.956. The third kappa shape index (κ3) is 4.26. The Kier molecular flexibility index (Phi) is 6.25. The number of aromatic nitrogens is 1. The van der Waals surface area contributed by atoms with Gasteiger partial charge in [0, 0.05) is 11.1 Å². The molecule has 0 spiro atoms. The standard InChI is InChI=1S/C28H21FN2O3S/c1-2-34-27(33)23-24(18-11-5-3-6-12-18)30-28-31(25(23)19-13-7-4-8-14-19)26(32)22(35-28)17-20-15-9-10-16-21(20)29/h3-17,25H,2H2,1H3/t25-/m1/s1. The predicted octanol–water partition coefficient (Wildman–Crippen LogP) is 4.07. The van der Waals surface area contributed by atoms with Crippen molar-refractivity contribution in [2.24, 2.45) is 4.99 Å². The lowest BCUT2D eigenvalue weighted by molar-refractivity contribution is -0.138. The number of benzene rings is 3. The number of carbonyl (C=O) groups is 1. The normalized spacial score (nSPS) is 15.5. The number of fused-ring (bicyclic) bond motifs is 1. The quantitative estimate of drug-likeness (QED) is 0.401.